The first-order chi connectivity index (χ1) is 20.1. The molecule has 2 aromatic carbocycles. The number of imidazole rings is 1. The lowest BCUT2D eigenvalue weighted by molar-refractivity contribution is -0.123. The Balaban J connectivity index is 1.30. The number of nitrogens with one attached hydrogen (secondary N) is 1. The summed E-state index contributed by atoms with van der Waals surface area (Å²) in [5, 5.41) is 3.01. The summed E-state index contributed by atoms with van der Waals surface area (Å²) in [5.74, 6) is 1.82. The van der Waals surface area contributed by atoms with E-state index >= 15 is 0 Å². The molecule has 0 fully saturated rings. The molecular weight excluding hydrogens is 506 g/mol. The fraction of sp³-hybridized carbons (Fsp3) is 0.611. The summed E-state index contributed by atoms with van der Waals surface area (Å²) in [6, 6.07) is 14.5. The van der Waals surface area contributed by atoms with E-state index in [0.717, 1.165) is 47.6 Å². The molecule has 0 aliphatic rings. The molecule has 0 aliphatic carbocycles. The predicted octanol–water partition coefficient (Wildman–Crippen LogP) is 9.26. The lowest BCUT2D eigenvalue weighted by atomic mass is 10.0. The van der Waals surface area contributed by atoms with Gasteiger partial charge in [-0.2, -0.15) is 0 Å². The number of unbranched alkanes of at least 4 members (excludes halogenated alkanes) is 13. The Morgan fingerprint density at radius 3 is 2.12 bits per heavy atom. The highest BCUT2D eigenvalue weighted by Crippen LogP contribution is 2.20. The Bertz CT molecular complexity index is 1150. The summed E-state index contributed by atoms with van der Waals surface area (Å²) in [6.07, 6.45) is 21.0. The number of benzene rings is 2. The van der Waals surface area contributed by atoms with Crippen LogP contribution in [0.3, 0.4) is 0 Å². The second-order valence-electron chi connectivity index (χ2n) is 11.8. The van der Waals surface area contributed by atoms with Crippen molar-refractivity contribution >= 4 is 16.9 Å². The summed E-state index contributed by atoms with van der Waals surface area (Å²) in [6.45, 7) is 7.99. The van der Waals surface area contributed by atoms with Crippen LogP contribution in [-0.4, -0.2) is 28.6 Å². The Morgan fingerprint density at radius 2 is 1.44 bits per heavy atom. The van der Waals surface area contributed by atoms with Crippen LogP contribution in [-0.2, 0) is 17.8 Å². The van der Waals surface area contributed by atoms with Crippen molar-refractivity contribution in [2.24, 2.45) is 0 Å². The summed E-state index contributed by atoms with van der Waals surface area (Å²) in [7, 11) is 0. The van der Waals surface area contributed by atoms with Crippen LogP contribution >= 0.6 is 0 Å². The third kappa shape index (κ3) is 12.3. The number of amides is 1. The Labute approximate surface area is 249 Å². The molecule has 5 heteroatoms. The number of hydrogen-bond acceptors (Lipinski definition) is 3. The van der Waals surface area contributed by atoms with E-state index in [2.05, 4.69) is 47.1 Å². The molecule has 0 spiro atoms. The highest BCUT2D eigenvalue weighted by Gasteiger charge is 2.11. The minimum atomic E-state index is -0.0817. The van der Waals surface area contributed by atoms with Crippen molar-refractivity contribution in [1.82, 2.24) is 14.9 Å². The number of hydrogen-bond donors (Lipinski definition) is 1. The van der Waals surface area contributed by atoms with Gasteiger partial charge in [-0.05, 0) is 56.0 Å². The van der Waals surface area contributed by atoms with Gasteiger partial charge in [0.1, 0.15) is 11.6 Å². The number of para-hydroxylation sites is 2. The molecule has 0 atom stereocenters. The van der Waals surface area contributed by atoms with Gasteiger partial charge >= 0.3 is 0 Å². The van der Waals surface area contributed by atoms with Crippen molar-refractivity contribution in [3.8, 4) is 5.75 Å². The molecular formula is C36H55N3O2. The number of ether oxygens (including phenoxy) is 1. The molecule has 3 rings (SSSR count). The largest absolute Gasteiger partial charge is 0.483 e. The number of aromatic nitrogens is 2. The van der Waals surface area contributed by atoms with E-state index in [0.29, 0.717) is 6.54 Å². The third-order valence-corrected chi connectivity index (χ3v) is 8.07. The first-order valence-electron chi connectivity index (χ1n) is 16.5. The second kappa shape index (κ2) is 19.3. The number of rotatable bonds is 22. The van der Waals surface area contributed by atoms with Gasteiger partial charge in [-0.25, -0.2) is 4.98 Å². The normalized spacial score (nSPS) is 11.3. The lowest BCUT2D eigenvalue weighted by Gasteiger charge is -2.11. The quantitative estimate of drug-likeness (QED) is 0.124. The van der Waals surface area contributed by atoms with E-state index in [1.54, 1.807) is 0 Å². The summed E-state index contributed by atoms with van der Waals surface area (Å²) in [4.78, 5) is 17.3. The van der Waals surface area contributed by atoms with Gasteiger partial charge in [0.05, 0.1) is 11.0 Å². The monoisotopic (exact) mass is 561 g/mol. The average Bonchev–Trinajstić information content (AvgIpc) is 3.33. The van der Waals surface area contributed by atoms with Gasteiger partial charge in [-0.3, -0.25) is 4.79 Å². The van der Waals surface area contributed by atoms with Crippen LogP contribution in [0.15, 0.2) is 42.5 Å². The fourth-order valence-electron chi connectivity index (χ4n) is 5.56. The molecule has 3 aromatic rings. The van der Waals surface area contributed by atoms with E-state index in [1.165, 1.54) is 95.4 Å². The molecule has 5 nitrogen and oxygen atoms in total. The lowest BCUT2D eigenvalue weighted by Crippen LogP contribution is -2.30. The van der Waals surface area contributed by atoms with Crippen LogP contribution in [0.25, 0.3) is 11.0 Å². The highest BCUT2D eigenvalue weighted by molar-refractivity contribution is 5.77. The van der Waals surface area contributed by atoms with E-state index in [-0.39, 0.29) is 12.5 Å². The Kier molecular flexibility index (Phi) is 15.4. The molecule has 0 unspecified atom stereocenters. The number of carbonyl (C=O) groups is 1. The zero-order valence-corrected chi connectivity index (χ0v) is 26.2. The summed E-state index contributed by atoms with van der Waals surface area (Å²) in [5.41, 5.74) is 4.46. The molecule has 0 radical (unpaired) electrons. The van der Waals surface area contributed by atoms with E-state index in [9.17, 15) is 4.79 Å². The van der Waals surface area contributed by atoms with Gasteiger partial charge in [-0.1, -0.05) is 115 Å². The minimum absolute atomic E-state index is 0.0436. The molecule has 0 bridgehead atoms. The van der Waals surface area contributed by atoms with Crippen LogP contribution in [0.5, 0.6) is 5.75 Å². The zero-order chi connectivity index (χ0) is 29.1. The fourth-order valence-corrected chi connectivity index (χ4v) is 5.56. The number of carbonyl (C=O) groups excluding carboxylic acids is 1. The van der Waals surface area contributed by atoms with Crippen LogP contribution in [0, 0.1) is 13.8 Å². The SMILES string of the molecule is CCCCCCCCCCCCCCCCn1c(CCCNC(=O)COc2cc(C)ccc2C)nc2ccccc21. The summed E-state index contributed by atoms with van der Waals surface area (Å²) >= 11 is 0. The topological polar surface area (TPSA) is 56.2 Å². The standard InChI is InChI=1S/C36H55N3O2/c1-4-5-6-7-8-9-10-11-12-13-14-15-16-19-27-39-33-22-18-17-21-32(33)38-35(39)23-20-26-37-36(40)29-41-34-28-30(2)24-25-31(34)3/h17-18,21-22,24-25,28H,4-16,19-20,23,26-27,29H2,1-3H3,(H,37,40). The first kappa shape index (κ1) is 32.7. The molecule has 0 aliphatic heterocycles. The van der Waals surface area contributed by atoms with Gasteiger partial charge in [-0.15, -0.1) is 0 Å². The smallest absolute Gasteiger partial charge is 0.257 e. The first-order valence-corrected chi connectivity index (χ1v) is 16.5. The van der Waals surface area contributed by atoms with Crippen molar-refractivity contribution in [3.05, 3.63) is 59.4 Å². The molecule has 1 aromatic heterocycles. The maximum Gasteiger partial charge on any atom is 0.257 e. The summed E-state index contributed by atoms with van der Waals surface area (Å²) < 4.78 is 8.15. The molecule has 1 amide bonds. The molecule has 1 heterocycles. The number of fused-ring (bicyclic) bond motifs is 1. The maximum absolute atomic E-state index is 12.3. The molecule has 41 heavy (non-hydrogen) atoms. The molecule has 0 saturated carbocycles. The van der Waals surface area contributed by atoms with Crippen molar-refractivity contribution in [1.29, 1.82) is 0 Å². The average molecular weight is 562 g/mol. The van der Waals surface area contributed by atoms with Crippen LogP contribution in [0.2, 0.25) is 0 Å². The van der Waals surface area contributed by atoms with Gasteiger partial charge in [0, 0.05) is 19.5 Å². The van der Waals surface area contributed by atoms with Gasteiger partial charge < -0.3 is 14.6 Å². The van der Waals surface area contributed by atoms with E-state index in [1.807, 2.05) is 26.0 Å². The van der Waals surface area contributed by atoms with Gasteiger partial charge in [0.15, 0.2) is 6.61 Å². The van der Waals surface area contributed by atoms with E-state index < -0.39 is 0 Å². The highest BCUT2D eigenvalue weighted by atomic mass is 16.5. The van der Waals surface area contributed by atoms with E-state index in [4.69, 9.17) is 9.72 Å². The zero-order valence-electron chi connectivity index (χ0n) is 26.2. The van der Waals surface area contributed by atoms with Crippen molar-refractivity contribution in [2.75, 3.05) is 13.2 Å². The molecule has 0 saturated heterocycles. The predicted molar refractivity (Wildman–Crippen MR) is 173 cm³/mol. The molecule has 1 N–H and O–H groups in total. The Hall–Kier alpha value is -2.82. The molecule has 226 valence electrons. The van der Waals surface area contributed by atoms with Crippen LogP contribution in [0.4, 0.5) is 0 Å². The Morgan fingerprint density at radius 1 is 0.805 bits per heavy atom. The third-order valence-electron chi connectivity index (χ3n) is 8.07. The number of nitrogens with zero attached hydrogens (tertiary/aromatic N) is 2. The van der Waals surface area contributed by atoms with Gasteiger partial charge in [0.2, 0.25) is 0 Å². The van der Waals surface area contributed by atoms with Crippen LogP contribution < -0.4 is 10.1 Å². The second-order valence-corrected chi connectivity index (χ2v) is 11.8. The van der Waals surface area contributed by atoms with Crippen molar-refractivity contribution < 1.29 is 9.53 Å². The van der Waals surface area contributed by atoms with Gasteiger partial charge in [0.25, 0.3) is 5.91 Å². The van der Waals surface area contributed by atoms with Crippen molar-refractivity contribution in [3.63, 3.8) is 0 Å². The van der Waals surface area contributed by atoms with Crippen LogP contribution in [0.1, 0.15) is 120 Å². The maximum atomic E-state index is 12.3. The minimum Gasteiger partial charge on any atom is -0.483 e. The van der Waals surface area contributed by atoms with Crippen molar-refractivity contribution in [2.45, 2.75) is 130 Å². The number of aryl methyl sites for hydroxylation is 4.